The van der Waals surface area contributed by atoms with Crippen molar-refractivity contribution in [3.63, 3.8) is 0 Å². The molecule has 2 heterocycles. The third kappa shape index (κ3) is 4.12. The van der Waals surface area contributed by atoms with Crippen LogP contribution in [0.2, 0.25) is 5.02 Å². The highest BCUT2D eigenvalue weighted by molar-refractivity contribution is 7.98. The Kier molecular flexibility index (Phi) is 5.25. The van der Waals surface area contributed by atoms with Gasteiger partial charge in [-0.05, 0) is 30.5 Å². The lowest BCUT2D eigenvalue weighted by Gasteiger charge is -2.04. The number of benzene rings is 1. The highest BCUT2D eigenvalue weighted by Gasteiger charge is 2.16. The Morgan fingerprint density at radius 3 is 2.80 bits per heavy atom. The van der Waals surface area contributed by atoms with Crippen molar-refractivity contribution in [2.75, 3.05) is 6.26 Å². The van der Waals surface area contributed by atoms with Gasteiger partial charge in [0.2, 0.25) is 11.7 Å². The highest BCUT2D eigenvalue weighted by atomic mass is 35.5. The van der Waals surface area contributed by atoms with Gasteiger partial charge in [-0.2, -0.15) is 4.98 Å². The molecule has 3 aromatic rings. The molecule has 0 saturated carbocycles. The molecule has 0 bridgehead atoms. The van der Waals surface area contributed by atoms with E-state index in [1.54, 1.807) is 6.26 Å². The molecule has 0 spiro atoms. The summed E-state index contributed by atoms with van der Waals surface area (Å²) in [5.41, 5.74) is 0.672. The number of nitrogens with one attached hydrogen (secondary N) is 1. The predicted octanol–water partition coefficient (Wildman–Crippen LogP) is 2.97. The summed E-state index contributed by atoms with van der Waals surface area (Å²) in [6.45, 7) is 0.00195. The predicted molar refractivity (Wildman–Crippen MR) is 89.7 cm³/mol. The molecular formula is C15H11ClFN5O2S. The summed E-state index contributed by atoms with van der Waals surface area (Å²) < 4.78 is 18.0. The molecule has 25 heavy (non-hydrogen) atoms. The van der Waals surface area contributed by atoms with Gasteiger partial charge in [0.15, 0.2) is 10.9 Å². The van der Waals surface area contributed by atoms with Crippen molar-refractivity contribution >= 4 is 29.3 Å². The monoisotopic (exact) mass is 379 g/mol. The SMILES string of the molecule is CSc1ncc(Cl)c(C(=O)NCc2nc(-c3ccc(F)cc3)no2)n1. The van der Waals surface area contributed by atoms with E-state index in [4.69, 9.17) is 16.1 Å². The maximum Gasteiger partial charge on any atom is 0.272 e. The Balaban J connectivity index is 1.68. The molecule has 10 heteroatoms. The van der Waals surface area contributed by atoms with Crippen LogP contribution < -0.4 is 5.32 Å². The lowest BCUT2D eigenvalue weighted by atomic mass is 10.2. The van der Waals surface area contributed by atoms with E-state index < -0.39 is 5.91 Å². The average molecular weight is 380 g/mol. The van der Waals surface area contributed by atoms with Crippen molar-refractivity contribution < 1.29 is 13.7 Å². The number of carbonyl (C=O) groups excluding carboxylic acids is 1. The van der Waals surface area contributed by atoms with Crippen LogP contribution in [0.15, 0.2) is 40.1 Å². The first-order valence-electron chi connectivity index (χ1n) is 7.00. The second kappa shape index (κ2) is 7.58. The summed E-state index contributed by atoms with van der Waals surface area (Å²) in [6, 6.07) is 5.67. The van der Waals surface area contributed by atoms with E-state index in [1.165, 1.54) is 42.2 Å². The summed E-state index contributed by atoms with van der Waals surface area (Å²) in [6.07, 6.45) is 3.16. The van der Waals surface area contributed by atoms with Crippen molar-refractivity contribution in [2.24, 2.45) is 0 Å². The Labute approximate surface area is 151 Å². The maximum absolute atomic E-state index is 12.9. The van der Waals surface area contributed by atoms with Crippen molar-refractivity contribution in [1.82, 2.24) is 25.4 Å². The number of amides is 1. The van der Waals surface area contributed by atoms with E-state index in [9.17, 15) is 9.18 Å². The van der Waals surface area contributed by atoms with Gasteiger partial charge in [-0.25, -0.2) is 14.4 Å². The number of rotatable bonds is 5. The van der Waals surface area contributed by atoms with E-state index in [0.717, 1.165) is 0 Å². The second-order valence-corrected chi connectivity index (χ2v) is 5.94. The van der Waals surface area contributed by atoms with Crippen LogP contribution >= 0.6 is 23.4 Å². The number of hydrogen-bond donors (Lipinski definition) is 1. The van der Waals surface area contributed by atoms with Gasteiger partial charge in [0.05, 0.1) is 17.8 Å². The number of thioether (sulfide) groups is 1. The number of hydrogen-bond acceptors (Lipinski definition) is 7. The van der Waals surface area contributed by atoms with E-state index in [1.807, 2.05) is 0 Å². The normalized spacial score (nSPS) is 10.7. The molecule has 1 amide bonds. The van der Waals surface area contributed by atoms with Gasteiger partial charge in [0.1, 0.15) is 5.82 Å². The second-order valence-electron chi connectivity index (χ2n) is 4.75. The minimum Gasteiger partial charge on any atom is -0.342 e. The number of nitrogens with zero attached hydrogens (tertiary/aromatic N) is 4. The van der Waals surface area contributed by atoms with Crippen molar-refractivity contribution in [1.29, 1.82) is 0 Å². The molecule has 2 aromatic heterocycles. The van der Waals surface area contributed by atoms with Crippen LogP contribution in [0.5, 0.6) is 0 Å². The maximum atomic E-state index is 12.9. The topological polar surface area (TPSA) is 93.8 Å². The number of aromatic nitrogens is 4. The molecule has 1 aromatic carbocycles. The quantitative estimate of drug-likeness (QED) is 0.538. The molecule has 0 aliphatic rings. The number of carbonyl (C=O) groups is 1. The summed E-state index contributed by atoms with van der Waals surface area (Å²) in [7, 11) is 0. The van der Waals surface area contributed by atoms with Crippen LogP contribution in [-0.2, 0) is 6.54 Å². The standard InChI is InChI=1S/C15H11ClFN5O2S/c1-25-15-19-6-10(16)12(21-15)14(23)18-7-11-20-13(22-24-11)8-2-4-9(17)5-3-8/h2-6H,7H2,1H3,(H,18,23). The zero-order chi connectivity index (χ0) is 17.8. The van der Waals surface area contributed by atoms with Gasteiger partial charge in [-0.15, -0.1) is 0 Å². The van der Waals surface area contributed by atoms with Crippen molar-refractivity contribution in [3.05, 3.63) is 52.9 Å². The molecule has 0 fully saturated rings. The third-order valence-electron chi connectivity index (χ3n) is 3.09. The molecule has 0 unspecified atom stereocenters. The van der Waals surface area contributed by atoms with Crippen LogP contribution in [0, 0.1) is 5.82 Å². The molecule has 7 nitrogen and oxygen atoms in total. The van der Waals surface area contributed by atoms with E-state index in [0.29, 0.717) is 16.5 Å². The fourth-order valence-corrected chi connectivity index (χ4v) is 2.41. The van der Waals surface area contributed by atoms with Gasteiger partial charge in [-0.3, -0.25) is 4.79 Å². The number of halogens is 2. The van der Waals surface area contributed by atoms with Crippen LogP contribution in [0.4, 0.5) is 4.39 Å². The lowest BCUT2D eigenvalue weighted by molar-refractivity contribution is 0.0940. The van der Waals surface area contributed by atoms with E-state index in [-0.39, 0.29) is 29.0 Å². The first-order chi connectivity index (χ1) is 12.1. The van der Waals surface area contributed by atoms with Gasteiger partial charge in [0, 0.05) is 5.56 Å². The zero-order valence-electron chi connectivity index (χ0n) is 12.9. The zero-order valence-corrected chi connectivity index (χ0v) is 14.4. The summed E-state index contributed by atoms with van der Waals surface area (Å²) in [4.78, 5) is 24.4. The molecule has 128 valence electrons. The van der Waals surface area contributed by atoms with Crippen LogP contribution in [0.25, 0.3) is 11.4 Å². The fraction of sp³-hybridized carbons (Fsp3) is 0.133. The van der Waals surface area contributed by atoms with E-state index in [2.05, 4.69) is 25.4 Å². The lowest BCUT2D eigenvalue weighted by Crippen LogP contribution is -2.24. The minimum absolute atomic E-state index is 0.00195. The molecular weight excluding hydrogens is 369 g/mol. The Bertz CT molecular complexity index is 903. The van der Waals surface area contributed by atoms with E-state index >= 15 is 0 Å². The Hall–Kier alpha value is -2.52. The molecule has 0 radical (unpaired) electrons. The summed E-state index contributed by atoms with van der Waals surface area (Å²) in [5.74, 6) is -0.341. The fourth-order valence-electron chi connectivity index (χ4n) is 1.89. The summed E-state index contributed by atoms with van der Waals surface area (Å²) >= 11 is 7.25. The van der Waals surface area contributed by atoms with Gasteiger partial charge in [-0.1, -0.05) is 28.5 Å². The van der Waals surface area contributed by atoms with Gasteiger partial charge in [0.25, 0.3) is 5.91 Å². The third-order valence-corrected chi connectivity index (χ3v) is 3.93. The van der Waals surface area contributed by atoms with Crippen LogP contribution in [0.3, 0.4) is 0 Å². The van der Waals surface area contributed by atoms with Gasteiger partial charge >= 0.3 is 0 Å². The van der Waals surface area contributed by atoms with Crippen LogP contribution in [0.1, 0.15) is 16.4 Å². The largest absolute Gasteiger partial charge is 0.342 e. The van der Waals surface area contributed by atoms with Crippen molar-refractivity contribution in [3.8, 4) is 11.4 Å². The molecule has 0 aliphatic carbocycles. The first-order valence-corrected chi connectivity index (χ1v) is 8.60. The van der Waals surface area contributed by atoms with Gasteiger partial charge < -0.3 is 9.84 Å². The minimum atomic E-state index is -0.482. The Morgan fingerprint density at radius 1 is 1.32 bits per heavy atom. The van der Waals surface area contributed by atoms with Crippen molar-refractivity contribution in [2.45, 2.75) is 11.7 Å². The molecule has 1 N–H and O–H groups in total. The Morgan fingerprint density at radius 2 is 2.08 bits per heavy atom. The molecule has 0 saturated heterocycles. The average Bonchev–Trinajstić information content (AvgIpc) is 3.09. The molecule has 3 rings (SSSR count). The highest BCUT2D eigenvalue weighted by Crippen LogP contribution is 2.18. The smallest absolute Gasteiger partial charge is 0.272 e. The van der Waals surface area contributed by atoms with Crippen LogP contribution in [-0.4, -0.2) is 32.3 Å². The first kappa shape index (κ1) is 17.3. The molecule has 0 aliphatic heterocycles. The summed E-state index contributed by atoms with van der Waals surface area (Å²) in [5, 5.41) is 6.98. The molecule has 0 atom stereocenters.